The quantitative estimate of drug-likeness (QED) is 0.536. The Morgan fingerprint density at radius 2 is 1.82 bits per heavy atom. The highest BCUT2D eigenvalue weighted by molar-refractivity contribution is 5.89. The molecule has 3 aromatic heterocycles. The van der Waals surface area contributed by atoms with Gasteiger partial charge in [0.05, 0.1) is 18.4 Å². The molecule has 0 radical (unpaired) electrons. The minimum atomic E-state index is -0.293. The maximum Gasteiger partial charge on any atom is 0.332 e. The van der Waals surface area contributed by atoms with Crippen LogP contribution in [0, 0.1) is 0 Å². The summed E-state index contributed by atoms with van der Waals surface area (Å²) in [5.41, 5.74) is 2.51. The van der Waals surface area contributed by atoms with Crippen LogP contribution >= 0.6 is 0 Å². The summed E-state index contributed by atoms with van der Waals surface area (Å²) in [6.07, 6.45) is 5.65. The lowest BCUT2D eigenvalue weighted by Crippen LogP contribution is -2.40. The van der Waals surface area contributed by atoms with Crippen LogP contribution in [0.4, 0.5) is 0 Å². The number of aryl methyl sites for hydroxylation is 1. The van der Waals surface area contributed by atoms with Crippen molar-refractivity contribution in [2.24, 2.45) is 0 Å². The summed E-state index contributed by atoms with van der Waals surface area (Å²) in [4.78, 5) is 30.9. The molecular formula is C21H25N5O2. The number of unbranched alkanes of at least 4 members (excludes halogenated alkanes) is 1. The van der Waals surface area contributed by atoms with E-state index in [0.29, 0.717) is 36.2 Å². The molecule has 0 saturated carbocycles. The molecule has 28 heavy (non-hydrogen) atoms. The minimum absolute atomic E-state index is 0.273. The van der Waals surface area contributed by atoms with Crippen molar-refractivity contribution in [3.05, 3.63) is 68.6 Å². The first kappa shape index (κ1) is 18.3. The summed E-state index contributed by atoms with van der Waals surface area (Å²) in [6.45, 7) is 4.89. The van der Waals surface area contributed by atoms with Crippen molar-refractivity contribution < 1.29 is 0 Å². The van der Waals surface area contributed by atoms with Crippen molar-refractivity contribution >= 4 is 16.7 Å². The van der Waals surface area contributed by atoms with Gasteiger partial charge in [0.2, 0.25) is 0 Å². The number of aromatic nitrogens is 5. The van der Waals surface area contributed by atoms with Gasteiger partial charge in [0.25, 0.3) is 5.56 Å². The highest BCUT2D eigenvalue weighted by Gasteiger charge is 2.19. The number of hydrogen-bond donors (Lipinski definition) is 1. The zero-order valence-electron chi connectivity index (χ0n) is 16.3. The van der Waals surface area contributed by atoms with Crippen LogP contribution in [0.2, 0.25) is 0 Å². The fourth-order valence-electron chi connectivity index (χ4n) is 3.63. The molecule has 0 bridgehead atoms. The Morgan fingerprint density at radius 1 is 1.04 bits per heavy atom. The minimum Gasteiger partial charge on any atom is -0.277 e. The lowest BCUT2D eigenvalue weighted by molar-refractivity contribution is 0.579. The number of aromatic amines is 1. The Bertz CT molecular complexity index is 1230. The molecule has 0 amide bonds. The SMILES string of the molecule is CCCCc1cn2[nH]c3c(c(=O)n(CCC)c(=O)n3Cc3ccccc3)c2n1. The van der Waals surface area contributed by atoms with Gasteiger partial charge < -0.3 is 0 Å². The van der Waals surface area contributed by atoms with Crippen LogP contribution in [0.1, 0.15) is 44.4 Å². The van der Waals surface area contributed by atoms with Crippen LogP contribution < -0.4 is 11.2 Å². The summed E-state index contributed by atoms with van der Waals surface area (Å²) in [5, 5.41) is 3.70. The molecule has 0 unspecified atom stereocenters. The molecule has 0 aliphatic heterocycles. The van der Waals surface area contributed by atoms with Gasteiger partial charge in [-0.2, -0.15) is 0 Å². The highest BCUT2D eigenvalue weighted by Crippen LogP contribution is 2.17. The molecule has 0 spiro atoms. The van der Waals surface area contributed by atoms with Crippen LogP contribution in [0.3, 0.4) is 0 Å². The molecule has 3 heterocycles. The van der Waals surface area contributed by atoms with Crippen molar-refractivity contribution in [1.29, 1.82) is 0 Å². The maximum atomic E-state index is 13.1. The average Bonchev–Trinajstić information content (AvgIpc) is 3.25. The van der Waals surface area contributed by atoms with Gasteiger partial charge in [-0.3, -0.25) is 19.0 Å². The number of nitrogens with zero attached hydrogens (tertiary/aromatic N) is 4. The Kier molecular flexibility index (Phi) is 4.90. The Morgan fingerprint density at radius 3 is 2.54 bits per heavy atom. The summed E-state index contributed by atoms with van der Waals surface area (Å²) in [6, 6.07) is 9.79. The van der Waals surface area contributed by atoms with Crippen LogP contribution in [-0.4, -0.2) is 23.7 Å². The molecule has 1 N–H and O–H groups in total. The van der Waals surface area contributed by atoms with Crippen LogP contribution in [0.15, 0.2) is 46.1 Å². The summed E-state index contributed by atoms with van der Waals surface area (Å²) >= 11 is 0. The Hall–Kier alpha value is -3.09. The van der Waals surface area contributed by atoms with Gasteiger partial charge in [-0.25, -0.2) is 14.3 Å². The van der Waals surface area contributed by atoms with E-state index in [2.05, 4.69) is 17.0 Å². The fourth-order valence-corrected chi connectivity index (χ4v) is 3.63. The highest BCUT2D eigenvalue weighted by atomic mass is 16.2. The maximum absolute atomic E-state index is 13.1. The summed E-state index contributed by atoms with van der Waals surface area (Å²) in [5.74, 6) is 0. The monoisotopic (exact) mass is 379 g/mol. The first-order valence-corrected chi connectivity index (χ1v) is 9.91. The first-order chi connectivity index (χ1) is 13.6. The Balaban J connectivity index is 1.96. The predicted molar refractivity (Wildman–Crippen MR) is 110 cm³/mol. The molecule has 1 aromatic carbocycles. The molecule has 0 atom stereocenters. The molecule has 146 valence electrons. The van der Waals surface area contributed by atoms with E-state index in [-0.39, 0.29) is 11.2 Å². The van der Waals surface area contributed by atoms with Gasteiger partial charge >= 0.3 is 5.69 Å². The summed E-state index contributed by atoms with van der Waals surface area (Å²) < 4.78 is 4.75. The van der Waals surface area contributed by atoms with E-state index in [1.807, 2.05) is 43.5 Å². The number of imidazole rings is 1. The number of nitrogens with one attached hydrogen (secondary N) is 1. The number of benzene rings is 1. The number of hydrogen-bond acceptors (Lipinski definition) is 3. The third kappa shape index (κ3) is 3.06. The molecule has 4 rings (SSSR count). The second-order valence-corrected chi connectivity index (χ2v) is 7.18. The van der Waals surface area contributed by atoms with E-state index >= 15 is 0 Å². The van der Waals surface area contributed by atoms with Gasteiger partial charge in [-0.1, -0.05) is 50.6 Å². The van der Waals surface area contributed by atoms with Crippen LogP contribution in [0.25, 0.3) is 16.7 Å². The zero-order chi connectivity index (χ0) is 19.7. The topological polar surface area (TPSA) is 77.1 Å². The zero-order valence-corrected chi connectivity index (χ0v) is 16.3. The van der Waals surface area contributed by atoms with E-state index in [1.165, 1.54) is 4.57 Å². The van der Waals surface area contributed by atoms with E-state index < -0.39 is 0 Å². The predicted octanol–water partition coefficient (Wildman–Crippen LogP) is 2.94. The van der Waals surface area contributed by atoms with Gasteiger partial charge in [-0.15, -0.1) is 0 Å². The standard InChI is InChI=1S/C21H25N5O2/c1-3-5-11-16-14-26-18(22-16)17-19(23-26)25(13-15-9-7-6-8-10-15)21(28)24(12-4-2)20(17)27/h6-10,14,23H,3-5,11-13H2,1-2H3. The van der Waals surface area contributed by atoms with Gasteiger partial charge in [-0.05, 0) is 24.8 Å². The first-order valence-electron chi connectivity index (χ1n) is 9.91. The second-order valence-electron chi connectivity index (χ2n) is 7.18. The smallest absolute Gasteiger partial charge is 0.277 e. The lowest BCUT2D eigenvalue weighted by Gasteiger charge is -2.11. The van der Waals surface area contributed by atoms with Crippen molar-refractivity contribution in [3.63, 3.8) is 0 Å². The number of rotatable bonds is 7. The third-order valence-electron chi connectivity index (χ3n) is 5.05. The van der Waals surface area contributed by atoms with Gasteiger partial charge in [0.1, 0.15) is 11.0 Å². The van der Waals surface area contributed by atoms with Crippen molar-refractivity contribution in [2.75, 3.05) is 0 Å². The van der Waals surface area contributed by atoms with E-state index in [1.54, 1.807) is 9.08 Å². The summed E-state index contributed by atoms with van der Waals surface area (Å²) in [7, 11) is 0. The van der Waals surface area contributed by atoms with Crippen LogP contribution in [0.5, 0.6) is 0 Å². The Labute approximate surface area is 162 Å². The van der Waals surface area contributed by atoms with Gasteiger partial charge in [0, 0.05) is 6.54 Å². The molecule has 0 saturated heterocycles. The number of fused-ring (bicyclic) bond motifs is 3. The van der Waals surface area contributed by atoms with Crippen LogP contribution in [-0.2, 0) is 19.5 Å². The van der Waals surface area contributed by atoms with E-state index in [9.17, 15) is 9.59 Å². The van der Waals surface area contributed by atoms with Crippen molar-refractivity contribution in [3.8, 4) is 0 Å². The van der Waals surface area contributed by atoms with E-state index in [4.69, 9.17) is 0 Å². The molecular weight excluding hydrogens is 354 g/mol. The normalized spacial score (nSPS) is 11.6. The lowest BCUT2D eigenvalue weighted by atomic mass is 10.2. The molecule has 0 aliphatic rings. The third-order valence-corrected chi connectivity index (χ3v) is 5.05. The molecule has 4 aromatic rings. The van der Waals surface area contributed by atoms with Crippen molar-refractivity contribution in [1.82, 2.24) is 23.7 Å². The second kappa shape index (κ2) is 7.50. The largest absolute Gasteiger partial charge is 0.332 e. The molecule has 7 nitrogen and oxygen atoms in total. The molecule has 0 fully saturated rings. The number of H-pyrrole nitrogens is 1. The van der Waals surface area contributed by atoms with Crippen molar-refractivity contribution in [2.45, 2.75) is 52.6 Å². The molecule has 7 heteroatoms. The van der Waals surface area contributed by atoms with Gasteiger partial charge in [0.15, 0.2) is 5.65 Å². The molecule has 0 aliphatic carbocycles. The fraction of sp³-hybridized carbons (Fsp3) is 0.381. The van der Waals surface area contributed by atoms with E-state index in [0.717, 1.165) is 30.5 Å². The average molecular weight is 379 g/mol.